The third kappa shape index (κ3) is 3.61. The first kappa shape index (κ1) is 13.3. The van der Waals surface area contributed by atoms with Crippen LogP contribution in [0.2, 0.25) is 0 Å². The lowest BCUT2D eigenvalue weighted by Crippen LogP contribution is -2.22. The maximum atomic E-state index is 12.0. The van der Waals surface area contributed by atoms with E-state index >= 15 is 0 Å². The number of pyridine rings is 1. The molecule has 0 bridgehead atoms. The van der Waals surface area contributed by atoms with Crippen LogP contribution in [0.1, 0.15) is 17.0 Å². The number of nitrogen functional groups attached to an aromatic ring is 1. The summed E-state index contributed by atoms with van der Waals surface area (Å²) in [4.78, 5) is 4.02. The van der Waals surface area contributed by atoms with Gasteiger partial charge >= 0.3 is 6.18 Å². The second-order valence-electron chi connectivity index (χ2n) is 3.54. The third-order valence-electron chi connectivity index (χ3n) is 1.95. The first-order valence-corrected chi connectivity index (χ1v) is 4.73. The van der Waals surface area contributed by atoms with E-state index in [1.165, 1.54) is 6.07 Å². The normalized spacial score (nSPS) is 11.4. The standard InChI is InChI=1S/C10H12F3N3O/c1-5-3-7(17-4-10(11,12)13)8(9(14)15)6(2)16-5/h3H,4H2,1-2H3,(H3,14,15). The molecule has 17 heavy (non-hydrogen) atoms. The molecule has 0 saturated carbocycles. The summed E-state index contributed by atoms with van der Waals surface area (Å²) >= 11 is 0. The number of aryl methyl sites for hydroxylation is 2. The van der Waals surface area contributed by atoms with E-state index in [0.29, 0.717) is 11.4 Å². The summed E-state index contributed by atoms with van der Waals surface area (Å²) in [6.07, 6.45) is -4.43. The summed E-state index contributed by atoms with van der Waals surface area (Å²) in [5, 5.41) is 7.30. The van der Waals surface area contributed by atoms with Crippen molar-refractivity contribution in [3.8, 4) is 5.75 Å². The molecule has 0 saturated heterocycles. The van der Waals surface area contributed by atoms with Crippen LogP contribution >= 0.6 is 0 Å². The predicted octanol–water partition coefficient (Wildman–Crippen LogP) is 1.92. The number of amidine groups is 1. The number of ether oxygens (including phenoxy) is 1. The molecule has 0 fully saturated rings. The summed E-state index contributed by atoms with van der Waals surface area (Å²) in [6.45, 7) is 1.76. The highest BCUT2D eigenvalue weighted by atomic mass is 19.4. The lowest BCUT2D eigenvalue weighted by Gasteiger charge is -2.14. The van der Waals surface area contributed by atoms with E-state index in [2.05, 4.69) is 9.72 Å². The van der Waals surface area contributed by atoms with Crippen molar-refractivity contribution in [1.29, 1.82) is 5.41 Å². The molecule has 1 rings (SSSR count). The minimum Gasteiger partial charge on any atom is -0.483 e. The van der Waals surface area contributed by atoms with Crippen molar-refractivity contribution in [2.45, 2.75) is 20.0 Å². The number of alkyl halides is 3. The van der Waals surface area contributed by atoms with Gasteiger partial charge in [-0.15, -0.1) is 0 Å². The van der Waals surface area contributed by atoms with Crippen molar-refractivity contribution in [2.75, 3.05) is 6.61 Å². The molecule has 0 aliphatic rings. The van der Waals surface area contributed by atoms with Gasteiger partial charge in [0, 0.05) is 11.8 Å². The molecule has 1 aromatic rings. The van der Waals surface area contributed by atoms with Crippen LogP contribution in [0.15, 0.2) is 6.07 Å². The fraction of sp³-hybridized carbons (Fsp3) is 0.400. The van der Waals surface area contributed by atoms with Gasteiger partial charge in [0.1, 0.15) is 11.6 Å². The highest BCUT2D eigenvalue weighted by Gasteiger charge is 2.29. The molecule has 0 radical (unpaired) electrons. The van der Waals surface area contributed by atoms with Crippen LogP contribution in [0.4, 0.5) is 13.2 Å². The highest BCUT2D eigenvalue weighted by molar-refractivity contribution is 5.98. The number of hydrogen-bond acceptors (Lipinski definition) is 3. The molecular formula is C10H12F3N3O. The van der Waals surface area contributed by atoms with Gasteiger partial charge in [-0.25, -0.2) is 0 Å². The number of hydrogen-bond donors (Lipinski definition) is 2. The molecule has 0 aromatic carbocycles. The Morgan fingerprint density at radius 2 is 2.06 bits per heavy atom. The number of halogens is 3. The largest absolute Gasteiger partial charge is 0.483 e. The smallest absolute Gasteiger partial charge is 0.422 e. The van der Waals surface area contributed by atoms with Gasteiger partial charge < -0.3 is 10.5 Å². The molecule has 0 aliphatic heterocycles. The second-order valence-corrected chi connectivity index (χ2v) is 3.54. The number of nitrogens with one attached hydrogen (secondary N) is 1. The molecule has 94 valence electrons. The zero-order chi connectivity index (χ0) is 13.2. The average molecular weight is 247 g/mol. The van der Waals surface area contributed by atoms with Gasteiger partial charge in [-0.1, -0.05) is 0 Å². The van der Waals surface area contributed by atoms with E-state index in [1.54, 1.807) is 13.8 Å². The van der Waals surface area contributed by atoms with Crippen LogP contribution in [-0.4, -0.2) is 23.6 Å². The lowest BCUT2D eigenvalue weighted by atomic mass is 10.1. The third-order valence-corrected chi connectivity index (χ3v) is 1.95. The quantitative estimate of drug-likeness (QED) is 0.633. The van der Waals surface area contributed by atoms with Gasteiger partial charge in [0.15, 0.2) is 6.61 Å². The maximum Gasteiger partial charge on any atom is 0.422 e. The minimum atomic E-state index is -4.43. The molecule has 1 aromatic heterocycles. The topological polar surface area (TPSA) is 72.0 Å². The van der Waals surface area contributed by atoms with Gasteiger partial charge in [0.05, 0.1) is 11.3 Å². The fourth-order valence-corrected chi connectivity index (χ4v) is 1.39. The van der Waals surface area contributed by atoms with Crippen LogP contribution < -0.4 is 10.5 Å². The van der Waals surface area contributed by atoms with Crippen LogP contribution in [0, 0.1) is 19.3 Å². The molecule has 0 aliphatic carbocycles. The van der Waals surface area contributed by atoms with Crippen molar-refractivity contribution in [2.24, 2.45) is 5.73 Å². The van der Waals surface area contributed by atoms with Crippen LogP contribution in [0.3, 0.4) is 0 Å². The summed E-state index contributed by atoms with van der Waals surface area (Å²) in [5.41, 5.74) is 6.26. The molecule has 3 N–H and O–H groups in total. The Kier molecular flexibility index (Phi) is 3.59. The summed E-state index contributed by atoms with van der Waals surface area (Å²) in [6, 6.07) is 1.33. The van der Waals surface area contributed by atoms with E-state index in [0.717, 1.165) is 0 Å². The van der Waals surface area contributed by atoms with Gasteiger partial charge in [-0.05, 0) is 13.8 Å². The summed E-state index contributed by atoms with van der Waals surface area (Å²) < 4.78 is 40.8. The number of nitrogens with zero attached hydrogens (tertiary/aromatic N) is 1. The lowest BCUT2D eigenvalue weighted by molar-refractivity contribution is -0.153. The molecule has 4 nitrogen and oxygen atoms in total. The zero-order valence-electron chi connectivity index (χ0n) is 9.35. The Labute approximate surface area is 96.1 Å². The number of rotatable bonds is 3. The molecular weight excluding hydrogens is 235 g/mol. The molecule has 1 heterocycles. The molecule has 0 amide bonds. The van der Waals surface area contributed by atoms with E-state index < -0.39 is 12.8 Å². The monoisotopic (exact) mass is 247 g/mol. The molecule has 0 unspecified atom stereocenters. The van der Waals surface area contributed by atoms with E-state index in [4.69, 9.17) is 11.1 Å². The summed E-state index contributed by atoms with van der Waals surface area (Å²) in [5.74, 6) is -0.438. The fourth-order valence-electron chi connectivity index (χ4n) is 1.39. The van der Waals surface area contributed by atoms with Crippen LogP contribution in [-0.2, 0) is 0 Å². The van der Waals surface area contributed by atoms with Gasteiger partial charge in [-0.2, -0.15) is 13.2 Å². The van der Waals surface area contributed by atoms with Gasteiger partial charge in [0.25, 0.3) is 0 Å². The average Bonchev–Trinajstić information content (AvgIpc) is 2.11. The van der Waals surface area contributed by atoms with Crippen molar-refractivity contribution in [3.05, 3.63) is 23.0 Å². The first-order chi connectivity index (χ1) is 7.70. The Morgan fingerprint density at radius 1 is 1.47 bits per heavy atom. The second kappa shape index (κ2) is 4.60. The van der Waals surface area contributed by atoms with Crippen molar-refractivity contribution < 1.29 is 17.9 Å². The van der Waals surface area contributed by atoms with E-state index in [-0.39, 0.29) is 17.1 Å². The van der Waals surface area contributed by atoms with Crippen molar-refractivity contribution in [1.82, 2.24) is 4.98 Å². The van der Waals surface area contributed by atoms with Crippen molar-refractivity contribution in [3.63, 3.8) is 0 Å². The minimum absolute atomic E-state index is 0.0696. The Morgan fingerprint density at radius 3 is 2.53 bits per heavy atom. The predicted molar refractivity (Wildman–Crippen MR) is 56.3 cm³/mol. The molecule has 0 spiro atoms. The number of nitrogens with two attached hydrogens (primary N) is 1. The maximum absolute atomic E-state index is 12.0. The summed E-state index contributed by atoms with van der Waals surface area (Å²) in [7, 11) is 0. The molecule has 7 heteroatoms. The van der Waals surface area contributed by atoms with E-state index in [9.17, 15) is 13.2 Å². The zero-order valence-corrected chi connectivity index (χ0v) is 9.35. The number of aromatic nitrogens is 1. The van der Waals surface area contributed by atoms with Crippen LogP contribution in [0.5, 0.6) is 5.75 Å². The Hall–Kier alpha value is -1.79. The van der Waals surface area contributed by atoms with E-state index in [1.807, 2.05) is 0 Å². The SMILES string of the molecule is Cc1cc(OCC(F)(F)F)c(C(=N)N)c(C)n1. The first-order valence-electron chi connectivity index (χ1n) is 4.73. The Bertz CT molecular complexity index is 443. The highest BCUT2D eigenvalue weighted by Crippen LogP contribution is 2.24. The Balaban J connectivity index is 3.09. The van der Waals surface area contributed by atoms with Crippen LogP contribution in [0.25, 0.3) is 0 Å². The van der Waals surface area contributed by atoms with Gasteiger partial charge in [-0.3, -0.25) is 10.4 Å². The van der Waals surface area contributed by atoms with Crippen molar-refractivity contribution >= 4 is 5.84 Å². The molecule has 0 atom stereocenters. The van der Waals surface area contributed by atoms with Gasteiger partial charge in [0.2, 0.25) is 0 Å².